The molecule has 0 aromatic carbocycles. The summed E-state index contributed by atoms with van der Waals surface area (Å²) in [4.78, 5) is 10.8. The summed E-state index contributed by atoms with van der Waals surface area (Å²) in [6.45, 7) is 2.08. The summed E-state index contributed by atoms with van der Waals surface area (Å²) in [5.41, 5.74) is 0. The molecule has 1 rings (SSSR count). The molecule has 0 aliphatic carbocycles. The Morgan fingerprint density at radius 3 is 3.00 bits per heavy atom. The summed E-state index contributed by atoms with van der Waals surface area (Å²) in [6.07, 6.45) is 5.69. The summed E-state index contributed by atoms with van der Waals surface area (Å²) >= 11 is 0. The lowest BCUT2D eigenvalue weighted by Crippen LogP contribution is -2.18. The van der Waals surface area contributed by atoms with Crippen LogP contribution in [0.15, 0.2) is 12.3 Å². The number of hydrogen-bond acceptors (Lipinski definition) is 1. The van der Waals surface area contributed by atoms with Gasteiger partial charge in [0, 0.05) is 6.20 Å². The molecular weight excluding hydrogens is 114 g/mol. The maximum absolute atomic E-state index is 10.8. The molecule has 0 saturated carbocycles. The highest BCUT2D eigenvalue weighted by molar-refractivity contribution is 5.83. The number of hydrogen-bond donors (Lipinski definition) is 1. The molecule has 1 amide bonds. The van der Waals surface area contributed by atoms with E-state index in [9.17, 15) is 4.79 Å². The van der Waals surface area contributed by atoms with Crippen molar-refractivity contribution in [3.05, 3.63) is 12.3 Å². The van der Waals surface area contributed by atoms with Gasteiger partial charge in [0.25, 0.3) is 0 Å². The Kier molecular flexibility index (Phi) is 1.88. The third-order valence-corrected chi connectivity index (χ3v) is 1.49. The lowest BCUT2D eigenvalue weighted by molar-refractivity contribution is -0.121. The van der Waals surface area contributed by atoms with E-state index in [4.69, 9.17) is 0 Å². The normalized spacial score (nSPS) is 24.6. The highest BCUT2D eigenvalue weighted by Crippen LogP contribution is 2.11. The van der Waals surface area contributed by atoms with E-state index in [0.29, 0.717) is 0 Å². The summed E-state index contributed by atoms with van der Waals surface area (Å²) in [5.74, 6) is 0.298. The van der Waals surface area contributed by atoms with Gasteiger partial charge in [-0.3, -0.25) is 4.79 Å². The van der Waals surface area contributed by atoms with Crippen LogP contribution in [0.2, 0.25) is 0 Å². The topological polar surface area (TPSA) is 29.1 Å². The summed E-state index contributed by atoms with van der Waals surface area (Å²) in [7, 11) is 0. The molecule has 50 valence electrons. The third-order valence-electron chi connectivity index (χ3n) is 1.49. The maximum atomic E-state index is 10.8. The van der Waals surface area contributed by atoms with Gasteiger partial charge in [-0.2, -0.15) is 0 Å². The van der Waals surface area contributed by atoms with Gasteiger partial charge in [-0.25, -0.2) is 0 Å². The Morgan fingerprint density at radius 1 is 1.78 bits per heavy atom. The van der Waals surface area contributed by atoms with Crippen LogP contribution < -0.4 is 5.32 Å². The van der Waals surface area contributed by atoms with Gasteiger partial charge in [0.05, 0.1) is 5.92 Å². The Balaban J connectivity index is 2.40. The van der Waals surface area contributed by atoms with E-state index in [1.807, 2.05) is 6.08 Å². The van der Waals surface area contributed by atoms with E-state index < -0.39 is 0 Å². The molecule has 0 saturated heterocycles. The molecule has 0 radical (unpaired) electrons. The molecule has 9 heavy (non-hydrogen) atoms. The van der Waals surface area contributed by atoms with Crippen LogP contribution in [0.3, 0.4) is 0 Å². The minimum Gasteiger partial charge on any atom is -0.332 e. The van der Waals surface area contributed by atoms with E-state index >= 15 is 0 Å². The predicted molar refractivity (Wildman–Crippen MR) is 35.7 cm³/mol. The number of rotatable bonds is 2. The lowest BCUT2D eigenvalue weighted by atomic mass is 10.1. The smallest absolute Gasteiger partial charge is 0.230 e. The van der Waals surface area contributed by atoms with Crippen molar-refractivity contribution in [1.82, 2.24) is 5.32 Å². The zero-order valence-corrected chi connectivity index (χ0v) is 5.55. The third kappa shape index (κ3) is 1.31. The second-order valence-electron chi connectivity index (χ2n) is 2.26. The molecule has 1 heterocycles. The minimum atomic E-state index is 0.148. The molecule has 1 unspecified atom stereocenters. The molecule has 2 heteroatoms. The molecule has 1 aliphatic rings. The predicted octanol–water partition coefficient (Wildman–Crippen LogP) is 1.05. The van der Waals surface area contributed by atoms with Crippen molar-refractivity contribution in [2.24, 2.45) is 5.92 Å². The van der Waals surface area contributed by atoms with Crippen molar-refractivity contribution < 1.29 is 4.79 Å². The van der Waals surface area contributed by atoms with Crippen LogP contribution in [-0.2, 0) is 4.79 Å². The zero-order chi connectivity index (χ0) is 6.69. The van der Waals surface area contributed by atoms with Crippen molar-refractivity contribution in [2.75, 3.05) is 0 Å². The molecule has 1 atom stereocenters. The van der Waals surface area contributed by atoms with Crippen LogP contribution >= 0.6 is 0 Å². The number of carbonyl (C=O) groups excluding carboxylic acids is 1. The fourth-order valence-corrected chi connectivity index (χ4v) is 0.979. The fourth-order valence-electron chi connectivity index (χ4n) is 0.979. The van der Waals surface area contributed by atoms with Crippen LogP contribution in [0.25, 0.3) is 0 Å². The van der Waals surface area contributed by atoms with E-state index in [1.165, 1.54) is 0 Å². The largest absolute Gasteiger partial charge is 0.332 e. The first kappa shape index (κ1) is 6.33. The monoisotopic (exact) mass is 125 g/mol. The lowest BCUT2D eigenvalue weighted by Gasteiger charge is -2.00. The maximum Gasteiger partial charge on any atom is 0.230 e. The molecule has 1 N–H and O–H groups in total. The first-order chi connectivity index (χ1) is 4.34. The van der Waals surface area contributed by atoms with Crippen molar-refractivity contribution in [2.45, 2.75) is 19.8 Å². The van der Waals surface area contributed by atoms with Gasteiger partial charge in [-0.05, 0) is 6.42 Å². The van der Waals surface area contributed by atoms with Crippen LogP contribution in [0.4, 0.5) is 0 Å². The second-order valence-corrected chi connectivity index (χ2v) is 2.26. The molecule has 0 fully saturated rings. The molecule has 0 bridgehead atoms. The van der Waals surface area contributed by atoms with Gasteiger partial charge in [0.2, 0.25) is 5.91 Å². The summed E-state index contributed by atoms with van der Waals surface area (Å²) in [5, 5.41) is 2.63. The highest BCUT2D eigenvalue weighted by atomic mass is 16.2. The second kappa shape index (κ2) is 2.67. The number of nitrogens with one attached hydrogen (secondary N) is 1. The molecule has 0 spiro atoms. The Labute approximate surface area is 54.9 Å². The zero-order valence-electron chi connectivity index (χ0n) is 5.55. The highest BCUT2D eigenvalue weighted by Gasteiger charge is 2.16. The van der Waals surface area contributed by atoms with E-state index in [2.05, 4.69) is 12.2 Å². The molecule has 1 aliphatic heterocycles. The first-order valence-corrected chi connectivity index (χ1v) is 3.31. The van der Waals surface area contributed by atoms with E-state index in [0.717, 1.165) is 12.8 Å². The van der Waals surface area contributed by atoms with Crippen molar-refractivity contribution in [3.63, 3.8) is 0 Å². The van der Waals surface area contributed by atoms with Crippen LogP contribution in [0, 0.1) is 5.92 Å². The van der Waals surface area contributed by atoms with Gasteiger partial charge in [-0.1, -0.05) is 19.4 Å². The van der Waals surface area contributed by atoms with Crippen LogP contribution in [0.5, 0.6) is 0 Å². The Morgan fingerprint density at radius 2 is 2.56 bits per heavy atom. The van der Waals surface area contributed by atoms with Gasteiger partial charge >= 0.3 is 0 Å². The fraction of sp³-hybridized carbons (Fsp3) is 0.571. The van der Waals surface area contributed by atoms with Crippen LogP contribution in [-0.4, -0.2) is 5.91 Å². The van der Waals surface area contributed by atoms with Crippen LogP contribution in [0.1, 0.15) is 19.8 Å². The molecular formula is C7H11NO. The van der Waals surface area contributed by atoms with Crippen molar-refractivity contribution >= 4 is 5.91 Å². The molecule has 0 aromatic rings. The number of carbonyl (C=O) groups is 1. The SMILES string of the molecule is CCCC1C=CNC1=O. The standard InChI is InChI=1S/C7H11NO/c1-2-3-6-4-5-8-7(6)9/h4-6H,2-3H2,1H3,(H,8,9). The quantitative estimate of drug-likeness (QED) is 0.587. The average molecular weight is 125 g/mol. The average Bonchev–Trinajstić information content (AvgIpc) is 2.18. The Bertz CT molecular complexity index is 140. The molecule has 2 nitrogen and oxygen atoms in total. The van der Waals surface area contributed by atoms with Gasteiger partial charge in [0.15, 0.2) is 0 Å². The molecule has 0 aromatic heterocycles. The number of amides is 1. The van der Waals surface area contributed by atoms with E-state index in [-0.39, 0.29) is 11.8 Å². The summed E-state index contributed by atoms with van der Waals surface area (Å²) in [6, 6.07) is 0. The van der Waals surface area contributed by atoms with Gasteiger partial charge < -0.3 is 5.32 Å². The summed E-state index contributed by atoms with van der Waals surface area (Å²) < 4.78 is 0. The minimum absolute atomic E-state index is 0.148. The van der Waals surface area contributed by atoms with E-state index in [1.54, 1.807) is 6.20 Å². The van der Waals surface area contributed by atoms with Crippen molar-refractivity contribution in [3.8, 4) is 0 Å². The Hall–Kier alpha value is -0.790. The van der Waals surface area contributed by atoms with Gasteiger partial charge in [0.1, 0.15) is 0 Å². The first-order valence-electron chi connectivity index (χ1n) is 3.31. The van der Waals surface area contributed by atoms with Crippen molar-refractivity contribution in [1.29, 1.82) is 0 Å². The van der Waals surface area contributed by atoms with Gasteiger partial charge in [-0.15, -0.1) is 0 Å².